The summed E-state index contributed by atoms with van der Waals surface area (Å²) in [7, 11) is 0. The predicted molar refractivity (Wildman–Crippen MR) is 136 cm³/mol. The summed E-state index contributed by atoms with van der Waals surface area (Å²) in [5.74, 6) is 0.813. The van der Waals surface area contributed by atoms with Gasteiger partial charge in [-0.05, 0) is 90.8 Å². The molecule has 200 valence electrons. The van der Waals surface area contributed by atoms with Crippen LogP contribution in [0.15, 0.2) is 11.6 Å². The van der Waals surface area contributed by atoms with Crippen molar-refractivity contribution in [3.05, 3.63) is 11.6 Å². The molecule has 0 amide bonds. The van der Waals surface area contributed by atoms with Gasteiger partial charge in [0.25, 0.3) is 0 Å². The molecule has 35 heavy (non-hydrogen) atoms. The van der Waals surface area contributed by atoms with E-state index in [1.807, 2.05) is 6.92 Å². The number of aliphatic hydroxyl groups excluding tert-OH is 5. The third-order valence-electron chi connectivity index (χ3n) is 13.4. The van der Waals surface area contributed by atoms with E-state index < -0.39 is 17.6 Å². The number of aliphatic hydroxyl groups is 5. The van der Waals surface area contributed by atoms with E-state index in [0.29, 0.717) is 18.8 Å². The van der Waals surface area contributed by atoms with Gasteiger partial charge in [-0.1, -0.05) is 53.2 Å². The highest BCUT2D eigenvalue weighted by atomic mass is 16.3. The second-order valence-corrected chi connectivity index (χ2v) is 15.2. The fourth-order valence-electron chi connectivity index (χ4n) is 10.8. The van der Waals surface area contributed by atoms with Crippen LogP contribution < -0.4 is 0 Å². The summed E-state index contributed by atoms with van der Waals surface area (Å²) in [6.07, 6.45) is 7.46. The lowest BCUT2D eigenvalue weighted by Crippen LogP contribution is -2.68. The first-order valence-corrected chi connectivity index (χ1v) is 14.1. The van der Waals surface area contributed by atoms with Gasteiger partial charge in [-0.25, -0.2) is 0 Å². The minimum atomic E-state index is -0.893. The van der Waals surface area contributed by atoms with Crippen molar-refractivity contribution in [2.75, 3.05) is 13.2 Å². The molecule has 4 fully saturated rings. The average Bonchev–Trinajstić information content (AvgIpc) is 2.79. The zero-order valence-corrected chi connectivity index (χ0v) is 22.8. The van der Waals surface area contributed by atoms with Crippen LogP contribution in [0.4, 0.5) is 0 Å². The van der Waals surface area contributed by atoms with Crippen LogP contribution in [0.2, 0.25) is 0 Å². The van der Waals surface area contributed by atoms with Crippen molar-refractivity contribution in [2.45, 2.75) is 111 Å². The molecule has 0 spiro atoms. The van der Waals surface area contributed by atoms with Gasteiger partial charge in [0.2, 0.25) is 0 Å². The molecule has 0 radical (unpaired) electrons. The molecule has 4 saturated carbocycles. The summed E-state index contributed by atoms with van der Waals surface area (Å²) in [5, 5.41) is 54.0. The molecule has 0 saturated heterocycles. The molecule has 0 bridgehead atoms. The third-order valence-corrected chi connectivity index (χ3v) is 13.4. The number of allylic oxidation sites excluding steroid dienone is 2. The number of fused-ring (bicyclic) bond motifs is 7. The van der Waals surface area contributed by atoms with Gasteiger partial charge in [0.15, 0.2) is 0 Å². The second-order valence-electron chi connectivity index (χ2n) is 15.2. The Morgan fingerprint density at radius 2 is 1.51 bits per heavy atom. The molecule has 0 aromatic heterocycles. The van der Waals surface area contributed by atoms with Crippen LogP contribution in [0, 0.1) is 50.2 Å². The quantitative estimate of drug-likeness (QED) is 0.376. The molecule has 5 rings (SSSR count). The lowest BCUT2D eigenvalue weighted by atomic mass is 9.33. The molecule has 0 aromatic carbocycles. The summed E-state index contributed by atoms with van der Waals surface area (Å²) < 4.78 is 0. The van der Waals surface area contributed by atoms with Crippen molar-refractivity contribution in [3.63, 3.8) is 0 Å². The lowest BCUT2D eigenvalue weighted by Gasteiger charge is -2.72. The fraction of sp³-hybridized carbons (Fsp3) is 0.933. The van der Waals surface area contributed by atoms with Gasteiger partial charge >= 0.3 is 0 Å². The lowest BCUT2D eigenvalue weighted by molar-refractivity contribution is -0.244. The highest BCUT2D eigenvalue weighted by molar-refractivity contribution is 5.34. The zero-order chi connectivity index (χ0) is 25.8. The number of rotatable bonds is 2. The summed E-state index contributed by atoms with van der Waals surface area (Å²) in [6.45, 7) is 13.6. The molecule has 0 aliphatic heterocycles. The minimum absolute atomic E-state index is 0.00222. The Morgan fingerprint density at radius 1 is 0.829 bits per heavy atom. The molecule has 0 heterocycles. The molecule has 5 aliphatic rings. The molecule has 11 unspecified atom stereocenters. The van der Waals surface area contributed by atoms with Gasteiger partial charge in [0.05, 0.1) is 24.9 Å². The topological polar surface area (TPSA) is 101 Å². The normalized spacial score (nSPS) is 57.3. The Morgan fingerprint density at radius 3 is 2.14 bits per heavy atom. The van der Waals surface area contributed by atoms with Crippen LogP contribution in [-0.4, -0.2) is 57.1 Å². The molecular weight excluding hydrogens is 440 g/mol. The van der Waals surface area contributed by atoms with Gasteiger partial charge in [-0.3, -0.25) is 0 Å². The summed E-state index contributed by atoms with van der Waals surface area (Å²) in [6, 6.07) is 0. The van der Waals surface area contributed by atoms with E-state index in [4.69, 9.17) is 0 Å². The summed E-state index contributed by atoms with van der Waals surface area (Å²) >= 11 is 0. The summed E-state index contributed by atoms with van der Waals surface area (Å²) in [5.41, 5.74) is 0.300. The molecule has 5 N–H and O–H groups in total. The Kier molecular flexibility index (Phi) is 5.82. The van der Waals surface area contributed by atoms with Crippen LogP contribution in [0.3, 0.4) is 0 Å². The van der Waals surface area contributed by atoms with Gasteiger partial charge < -0.3 is 25.5 Å². The molecule has 5 aliphatic carbocycles. The molecular formula is C30H50O5. The van der Waals surface area contributed by atoms with Gasteiger partial charge in [-0.2, -0.15) is 0 Å². The van der Waals surface area contributed by atoms with Gasteiger partial charge in [0, 0.05) is 17.4 Å². The first-order chi connectivity index (χ1) is 16.2. The molecule has 5 nitrogen and oxygen atoms in total. The summed E-state index contributed by atoms with van der Waals surface area (Å²) in [4.78, 5) is 0. The monoisotopic (exact) mass is 490 g/mol. The Balaban J connectivity index is 1.59. The maximum Gasteiger partial charge on any atom is 0.0877 e. The standard InChI is InChI=1S/C30H50O5/c1-25(2)13-19-18-7-8-22-26(3)14-20(33)24(35)27(4,16-31)21(26)9-10-29(22,6)28(18,5)11-12-30(19,17-32)15-23(25)34/h7,19-24,31-35H,8-17H2,1-6H3. The van der Waals surface area contributed by atoms with E-state index in [1.165, 1.54) is 5.57 Å². The smallest absolute Gasteiger partial charge is 0.0877 e. The SMILES string of the molecule is CC1(C)CC2C3=CCC4C5(C)CC(O)C(O)C(C)(CO)C5CCC4(C)C3(C)CCC2(CO)CC1O. The Hall–Kier alpha value is -0.460. The van der Waals surface area contributed by atoms with Gasteiger partial charge in [0.1, 0.15) is 0 Å². The van der Waals surface area contributed by atoms with E-state index >= 15 is 0 Å². The maximum atomic E-state index is 11.0. The molecule has 5 heteroatoms. The maximum absolute atomic E-state index is 11.0. The van der Waals surface area contributed by atoms with E-state index in [9.17, 15) is 25.5 Å². The average molecular weight is 491 g/mol. The minimum Gasteiger partial charge on any atom is -0.396 e. The molecule has 0 aromatic rings. The van der Waals surface area contributed by atoms with Crippen molar-refractivity contribution in [3.8, 4) is 0 Å². The van der Waals surface area contributed by atoms with E-state index in [1.54, 1.807) is 0 Å². The highest BCUT2D eigenvalue weighted by Crippen LogP contribution is 2.75. The fourth-order valence-corrected chi connectivity index (χ4v) is 10.8. The predicted octanol–water partition coefficient (Wildman–Crippen LogP) is 4.06. The molecule has 11 atom stereocenters. The van der Waals surface area contributed by atoms with Crippen molar-refractivity contribution < 1.29 is 25.5 Å². The first kappa shape index (κ1) is 26.2. The van der Waals surface area contributed by atoms with Crippen LogP contribution in [-0.2, 0) is 0 Å². The van der Waals surface area contributed by atoms with E-state index in [-0.39, 0.29) is 58.2 Å². The van der Waals surface area contributed by atoms with Crippen molar-refractivity contribution in [2.24, 2.45) is 50.2 Å². The van der Waals surface area contributed by atoms with Crippen LogP contribution >= 0.6 is 0 Å². The second kappa shape index (κ2) is 7.79. The first-order valence-electron chi connectivity index (χ1n) is 14.1. The third kappa shape index (κ3) is 3.11. The highest BCUT2D eigenvalue weighted by Gasteiger charge is 2.70. The Bertz CT molecular complexity index is 899. The number of hydrogen-bond donors (Lipinski definition) is 5. The van der Waals surface area contributed by atoms with Gasteiger partial charge in [-0.15, -0.1) is 0 Å². The number of hydrogen-bond acceptors (Lipinski definition) is 5. The largest absolute Gasteiger partial charge is 0.396 e. The van der Waals surface area contributed by atoms with Crippen LogP contribution in [0.1, 0.15) is 92.9 Å². The van der Waals surface area contributed by atoms with E-state index in [2.05, 4.69) is 40.7 Å². The zero-order valence-electron chi connectivity index (χ0n) is 22.8. The van der Waals surface area contributed by atoms with E-state index in [0.717, 1.165) is 38.5 Å². The van der Waals surface area contributed by atoms with Crippen molar-refractivity contribution in [1.29, 1.82) is 0 Å². The van der Waals surface area contributed by atoms with Crippen molar-refractivity contribution in [1.82, 2.24) is 0 Å². The van der Waals surface area contributed by atoms with Crippen molar-refractivity contribution >= 4 is 0 Å². The van der Waals surface area contributed by atoms with Crippen LogP contribution in [0.5, 0.6) is 0 Å². The van der Waals surface area contributed by atoms with Crippen LogP contribution in [0.25, 0.3) is 0 Å². The Labute approximate surface area is 212 Å².